The molecule has 0 saturated carbocycles. The molecule has 120 valence electrons. The minimum Gasteiger partial charge on any atom is -0.494 e. The van der Waals surface area contributed by atoms with E-state index in [2.05, 4.69) is 21.2 Å². The van der Waals surface area contributed by atoms with Crippen molar-refractivity contribution in [3.05, 3.63) is 70.0 Å². The lowest BCUT2D eigenvalue weighted by atomic mass is 10.1. The van der Waals surface area contributed by atoms with E-state index in [1.807, 2.05) is 31.2 Å². The fraction of sp³-hybridized carbons (Fsp3) is 0.167. The predicted octanol–water partition coefficient (Wildman–Crippen LogP) is 4.49. The smallest absolute Gasteiger partial charge is 0.244 e. The van der Waals surface area contributed by atoms with Gasteiger partial charge in [0, 0.05) is 10.5 Å². The van der Waals surface area contributed by atoms with Crippen molar-refractivity contribution in [3.8, 4) is 5.75 Å². The third-order valence-corrected chi connectivity index (χ3v) is 4.06. The largest absolute Gasteiger partial charge is 0.494 e. The van der Waals surface area contributed by atoms with Gasteiger partial charge in [-0.2, -0.15) is 0 Å². The summed E-state index contributed by atoms with van der Waals surface area (Å²) in [7, 11) is 1.41. The van der Waals surface area contributed by atoms with E-state index in [-0.39, 0.29) is 17.7 Å². The van der Waals surface area contributed by atoms with Gasteiger partial charge in [-0.3, -0.25) is 4.79 Å². The first-order chi connectivity index (χ1) is 11.0. The Morgan fingerprint density at radius 2 is 2.04 bits per heavy atom. The molecule has 0 heterocycles. The molecule has 1 N–H and O–H groups in total. The molecule has 0 spiro atoms. The fourth-order valence-corrected chi connectivity index (χ4v) is 2.75. The van der Waals surface area contributed by atoms with Crippen LogP contribution in [0.2, 0.25) is 0 Å². The summed E-state index contributed by atoms with van der Waals surface area (Å²) < 4.78 is 19.4. The van der Waals surface area contributed by atoms with Gasteiger partial charge in [0.2, 0.25) is 5.91 Å². The highest BCUT2D eigenvalue weighted by Gasteiger charge is 2.10. The molecular weight excluding hydrogens is 361 g/mol. The number of rotatable bonds is 5. The van der Waals surface area contributed by atoms with Crippen molar-refractivity contribution >= 4 is 27.9 Å². The lowest BCUT2D eigenvalue weighted by Crippen LogP contribution is -2.24. The van der Waals surface area contributed by atoms with Crippen molar-refractivity contribution < 1.29 is 13.9 Å². The van der Waals surface area contributed by atoms with Gasteiger partial charge in [-0.15, -0.1) is 0 Å². The van der Waals surface area contributed by atoms with E-state index in [0.29, 0.717) is 5.56 Å². The van der Waals surface area contributed by atoms with Gasteiger partial charge in [-0.1, -0.05) is 40.2 Å². The van der Waals surface area contributed by atoms with E-state index in [9.17, 15) is 9.18 Å². The quantitative estimate of drug-likeness (QED) is 0.779. The maximum atomic E-state index is 13.6. The second kappa shape index (κ2) is 7.92. The Labute approximate surface area is 143 Å². The third-order valence-electron chi connectivity index (χ3n) is 3.33. The average Bonchev–Trinajstić information content (AvgIpc) is 2.53. The second-order valence-corrected chi connectivity index (χ2v) is 5.83. The molecule has 0 saturated heterocycles. The number of benzene rings is 2. The first kappa shape index (κ1) is 17.2. The summed E-state index contributed by atoms with van der Waals surface area (Å²) in [6.07, 6.45) is 2.94. The van der Waals surface area contributed by atoms with Crippen molar-refractivity contribution in [1.29, 1.82) is 0 Å². The molecular formula is C18H17BrFNO2. The van der Waals surface area contributed by atoms with Crippen LogP contribution in [0.4, 0.5) is 4.39 Å². The Morgan fingerprint density at radius 3 is 2.70 bits per heavy atom. The Balaban J connectivity index is 2.02. The van der Waals surface area contributed by atoms with Crippen LogP contribution >= 0.6 is 15.9 Å². The van der Waals surface area contributed by atoms with Gasteiger partial charge < -0.3 is 10.1 Å². The van der Waals surface area contributed by atoms with E-state index < -0.39 is 5.82 Å². The van der Waals surface area contributed by atoms with Gasteiger partial charge in [0.05, 0.1) is 13.2 Å². The average molecular weight is 378 g/mol. The number of hydrogen-bond acceptors (Lipinski definition) is 2. The molecule has 2 aromatic carbocycles. The molecule has 5 heteroatoms. The summed E-state index contributed by atoms with van der Waals surface area (Å²) in [6.45, 7) is 1.90. The summed E-state index contributed by atoms with van der Waals surface area (Å²) in [5.41, 5.74) is 1.58. The molecule has 2 aromatic rings. The predicted molar refractivity (Wildman–Crippen MR) is 92.7 cm³/mol. The van der Waals surface area contributed by atoms with Crippen molar-refractivity contribution in [3.63, 3.8) is 0 Å². The van der Waals surface area contributed by atoms with Crippen molar-refractivity contribution in [1.82, 2.24) is 5.32 Å². The zero-order valence-electron chi connectivity index (χ0n) is 12.8. The summed E-state index contributed by atoms with van der Waals surface area (Å²) in [5.74, 6) is -0.532. The Morgan fingerprint density at radius 1 is 1.30 bits per heavy atom. The summed E-state index contributed by atoms with van der Waals surface area (Å²) in [4.78, 5) is 12.0. The number of hydrogen-bond donors (Lipinski definition) is 1. The lowest BCUT2D eigenvalue weighted by Gasteiger charge is -2.14. The Kier molecular flexibility index (Phi) is 5.93. The molecule has 2 rings (SSSR count). The van der Waals surface area contributed by atoms with Crippen LogP contribution in [0, 0.1) is 5.82 Å². The van der Waals surface area contributed by atoms with Crippen LogP contribution in [0.15, 0.2) is 53.0 Å². The monoisotopic (exact) mass is 377 g/mol. The molecule has 1 atom stereocenters. The molecule has 0 radical (unpaired) electrons. The number of ether oxygens (including phenoxy) is 1. The minimum atomic E-state index is -0.461. The molecule has 0 aliphatic rings. The van der Waals surface area contributed by atoms with E-state index in [1.165, 1.54) is 25.3 Å². The molecule has 0 unspecified atom stereocenters. The SMILES string of the molecule is COc1ccc(/C=C/C(=O)N[C@H](C)c2ccccc2Br)cc1F. The van der Waals surface area contributed by atoms with Gasteiger partial charge in [-0.05, 0) is 42.3 Å². The molecule has 1 amide bonds. The first-order valence-corrected chi connectivity index (χ1v) is 7.87. The molecule has 23 heavy (non-hydrogen) atoms. The second-order valence-electron chi connectivity index (χ2n) is 4.98. The van der Waals surface area contributed by atoms with E-state index in [0.717, 1.165) is 10.0 Å². The topological polar surface area (TPSA) is 38.3 Å². The Bertz CT molecular complexity index is 731. The van der Waals surface area contributed by atoms with Gasteiger partial charge >= 0.3 is 0 Å². The highest BCUT2D eigenvalue weighted by atomic mass is 79.9. The van der Waals surface area contributed by atoms with Crippen LogP contribution in [-0.2, 0) is 4.79 Å². The van der Waals surface area contributed by atoms with E-state index in [4.69, 9.17) is 4.74 Å². The van der Waals surface area contributed by atoms with Crippen LogP contribution in [0.1, 0.15) is 24.1 Å². The lowest BCUT2D eigenvalue weighted by molar-refractivity contribution is -0.117. The maximum absolute atomic E-state index is 13.6. The normalized spacial score (nSPS) is 12.2. The number of carbonyl (C=O) groups excluding carboxylic acids is 1. The van der Waals surface area contributed by atoms with E-state index in [1.54, 1.807) is 12.1 Å². The van der Waals surface area contributed by atoms with Gasteiger partial charge in [0.15, 0.2) is 11.6 Å². The van der Waals surface area contributed by atoms with Crippen molar-refractivity contribution in [2.75, 3.05) is 7.11 Å². The fourth-order valence-electron chi connectivity index (χ4n) is 2.12. The van der Waals surface area contributed by atoms with Crippen LogP contribution in [-0.4, -0.2) is 13.0 Å². The van der Waals surface area contributed by atoms with Gasteiger partial charge in [-0.25, -0.2) is 4.39 Å². The zero-order valence-corrected chi connectivity index (χ0v) is 14.4. The Hall–Kier alpha value is -2.14. The molecule has 0 bridgehead atoms. The highest BCUT2D eigenvalue weighted by Crippen LogP contribution is 2.22. The van der Waals surface area contributed by atoms with Crippen LogP contribution in [0.25, 0.3) is 6.08 Å². The number of methoxy groups -OCH3 is 1. The number of carbonyl (C=O) groups is 1. The van der Waals surface area contributed by atoms with Gasteiger partial charge in [0.1, 0.15) is 0 Å². The van der Waals surface area contributed by atoms with Crippen molar-refractivity contribution in [2.45, 2.75) is 13.0 Å². The molecule has 0 aliphatic heterocycles. The van der Waals surface area contributed by atoms with Crippen LogP contribution in [0.5, 0.6) is 5.75 Å². The van der Waals surface area contributed by atoms with Gasteiger partial charge in [0.25, 0.3) is 0 Å². The zero-order chi connectivity index (χ0) is 16.8. The molecule has 0 aromatic heterocycles. The summed E-state index contributed by atoms with van der Waals surface area (Å²) >= 11 is 3.46. The molecule has 0 aliphatic carbocycles. The van der Waals surface area contributed by atoms with Crippen molar-refractivity contribution in [2.24, 2.45) is 0 Å². The minimum absolute atomic E-state index is 0.143. The number of nitrogens with one attached hydrogen (secondary N) is 1. The molecule has 0 fully saturated rings. The summed E-state index contributed by atoms with van der Waals surface area (Å²) in [5, 5.41) is 2.87. The number of amides is 1. The third kappa shape index (κ3) is 4.66. The summed E-state index contributed by atoms with van der Waals surface area (Å²) in [6, 6.07) is 12.1. The maximum Gasteiger partial charge on any atom is 0.244 e. The first-order valence-electron chi connectivity index (χ1n) is 7.08. The van der Waals surface area contributed by atoms with E-state index >= 15 is 0 Å². The van der Waals surface area contributed by atoms with Crippen LogP contribution in [0.3, 0.4) is 0 Å². The number of halogens is 2. The molecule has 3 nitrogen and oxygen atoms in total. The highest BCUT2D eigenvalue weighted by molar-refractivity contribution is 9.10. The van der Waals surface area contributed by atoms with Crippen LogP contribution < -0.4 is 10.1 Å². The standard InChI is InChI=1S/C18H17BrFNO2/c1-12(14-5-3-4-6-15(14)19)21-18(22)10-8-13-7-9-17(23-2)16(20)11-13/h3-12H,1-2H3,(H,21,22)/b10-8+/t12-/m1/s1.